The lowest BCUT2D eigenvalue weighted by molar-refractivity contribution is 0.889. The summed E-state index contributed by atoms with van der Waals surface area (Å²) in [4.78, 5) is 0. The smallest absolute Gasteiger partial charge is 0.130 e. The lowest BCUT2D eigenvalue weighted by Crippen LogP contribution is -2.02. The van der Waals surface area contributed by atoms with Crippen LogP contribution in [0.15, 0.2) is 30.5 Å². The number of aryl methyl sites for hydroxylation is 2. The van der Waals surface area contributed by atoms with E-state index in [0.29, 0.717) is 0 Å². The third-order valence-corrected chi connectivity index (χ3v) is 2.86. The van der Waals surface area contributed by atoms with Gasteiger partial charge < -0.3 is 5.73 Å². The fraction of sp³-hybridized carbons (Fsp3) is 0.308. The summed E-state index contributed by atoms with van der Waals surface area (Å²) in [5.41, 5.74) is 9.46. The molecule has 84 valence electrons. The zero-order chi connectivity index (χ0) is 11.5. The molecule has 0 spiro atoms. The molecule has 2 aromatic rings. The summed E-state index contributed by atoms with van der Waals surface area (Å²) in [6, 6.07) is 8.34. The van der Waals surface area contributed by atoms with Gasteiger partial charge in [0.15, 0.2) is 0 Å². The van der Waals surface area contributed by atoms with Gasteiger partial charge in [-0.25, -0.2) is 4.68 Å². The first-order chi connectivity index (χ1) is 7.76. The Kier molecular flexibility index (Phi) is 2.95. The second kappa shape index (κ2) is 4.39. The molecule has 1 heterocycles. The Morgan fingerprint density at radius 2 is 1.81 bits per heavy atom. The Morgan fingerprint density at radius 3 is 2.31 bits per heavy atom. The fourth-order valence-corrected chi connectivity index (χ4v) is 1.74. The minimum Gasteiger partial charge on any atom is -0.383 e. The molecule has 2 rings (SSSR count). The van der Waals surface area contributed by atoms with Crippen LogP contribution in [-0.4, -0.2) is 9.78 Å². The average molecular weight is 215 g/mol. The molecule has 0 radical (unpaired) electrons. The Labute approximate surface area is 95.9 Å². The van der Waals surface area contributed by atoms with Gasteiger partial charge in [0.1, 0.15) is 5.82 Å². The van der Waals surface area contributed by atoms with Gasteiger partial charge in [-0.3, -0.25) is 0 Å². The molecule has 0 amide bonds. The maximum atomic E-state index is 6.02. The maximum Gasteiger partial charge on any atom is 0.130 e. The summed E-state index contributed by atoms with van der Waals surface area (Å²) >= 11 is 0. The van der Waals surface area contributed by atoms with E-state index in [4.69, 9.17) is 5.73 Å². The predicted octanol–water partition coefficient (Wildman–Crippen LogP) is 2.58. The standard InChI is InChI=1S/C13H17N3/c1-3-10-5-7-12(8-6-10)16-13(14)11(4-2)9-15-16/h5-9H,3-4,14H2,1-2H3. The summed E-state index contributed by atoms with van der Waals surface area (Å²) in [6.45, 7) is 4.23. The highest BCUT2D eigenvalue weighted by molar-refractivity contribution is 5.47. The maximum absolute atomic E-state index is 6.02. The number of anilines is 1. The van der Waals surface area contributed by atoms with Gasteiger partial charge in [0, 0.05) is 5.56 Å². The highest BCUT2D eigenvalue weighted by Gasteiger charge is 2.06. The van der Waals surface area contributed by atoms with Crippen LogP contribution in [0.5, 0.6) is 0 Å². The predicted molar refractivity (Wildman–Crippen MR) is 66.7 cm³/mol. The molecule has 0 aliphatic rings. The zero-order valence-corrected chi connectivity index (χ0v) is 9.77. The number of aromatic nitrogens is 2. The zero-order valence-electron chi connectivity index (χ0n) is 9.77. The molecule has 3 nitrogen and oxygen atoms in total. The second-order valence-corrected chi connectivity index (χ2v) is 3.84. The molecule has 0 saturated heterocycles. The van der Waals surface area contributed by atoms with Gasteiger partial charge in [-0.15, -0.1) is 0 Å². The molecular weight excluding hydrogens is 198 g/mol. The SMILES string of the molecule is CCc1ccc(-n2ncc(CC)c2N)cc1. The lowest BCUT2D eigenvalue weighted by Gasteiger charge is -2.05. The lowest BCUT2D eigenvalue weighted by atomic mass is 10.1. The van der Waals surface area contributed by atoms with Crippen molar-refractivity contribution < 1.29 is 0 Å². The third kappa shape index (κ3) is 1.81. The summed E-state index contributed by atoms with van der Waals surface area (Å²) in [7, 11) is 0. The normalized spacial score (nSPS) is 10.6. The Bertz CT molecular complexity index is 468. The molecule has 16 heavy (non-hydrogen) atoms. The number of nitrogen functional groups attached to an aromatic ring is 1. The van der Waals surface area contributed by atoms with Crippen molar-refractivity contribution in [2.75, 3.05) is 5.73 Å². The number of nitrogens with two attached hydrogens (primary N) is 1. The van der Waals surface area contributed by atoms with Crippen LogP contribution < -0.4 is 5.73 Å². The van der Waals surface area contributed by atoms with Crippen molar-refractivity contribution in [1.29, 1.82) is 0 Å². The summed E-state index contributed by atoms with van der Waals surface area (Å²) in [6.07, 6.45) is 3.80. The summed E-state index contributed by atoms with van der Waals surface area (Å²) in [5.74, 6) is 0.742. The van der Waals surface area contributed by atoms with Gasteiger partial charge >= 0.3 is 0 Å². The van der Waals surface area contributed by atoms with Crippen molar-refractivity contribution in [3.63, 3.8) is 0 Å². The minimum absolute atomic E-state index is 0.742. The van der Waals surface area contributed by atoms with Crippen LogP contribution >= 0.6 is 0 Å². The van der Waals surface area contributed by atoms with E-state index in [1.54, 1.807) is 4.68 Å². The van der Waals surface area contributed by atoms with E-state index in [0.717, 1.165) is 29.9 Å². The van der Waals surface area contributed by atoms with Crippen molar-refractivity contribution >= 4 is 5.82 Å². The molecule has 0 unspecified atom stereocenters. The first-order valence-corrected chi connectivity index (χ1v) is 5.68. The van der Waals surface area contributed by atoms with Crippen LogP contribution in [0.2, 0.25) is 0 Å². The quantitative estimate of drug-likeness (QED) is 0.855. The van der Waals surface area contributed by atoms with E-state index in [2.05, 4.69) is 43.2 Å². The molecule has 0 aliphatic heterocycles. The Morgan fingerprint density at radius 1 is 1.12 bits per heavy atom. The van der Waals surface area contributed by atoms with Gasteiger partial charge in [-0.05, 0) is 30.5 Å². The van der Waals surface area contributed by atoms with E-state index < -0.39 is 0 Å². The number of benzene rings is 1. The monoisotopic (exact) mass is 215 g/mol. The van der Waals surface area contributed by atoms with Crippen molar-refractivity contribution in [3.05, 3.63) is 41.6 Å². The largest absolute Gasteiger partial charge is 0.383 e. The molecule has 1 aromatic heterocycles. The minimum atomic E-state index is 0.742. The van der Waals surface area contributed by atoms with E-state index in [-0.39, 0.29) is 0 Å². The number of hydrogen-bond donors (Lipinski definition) is 1. The van der Waals surface area contributed by atoms with Gasteiger partial charge in [-0.2, -0.15) is 5.10 Å². The Hall–Kier alpha value is -1.77. The van der Waals surface area contributed by atoms with Crippen LogP contribution in [0, 0.1) is 0 Å². The highest BCUT2D eigenvalue weighted by Crippen LogP contribution is 2.17. The Balaban J connectivity index is 2.38. The van der Waals surface area contributed by atoms with E-state index in [1.165, 1.54) is 5.56 Å². The van der Waals surface area contributed by atoms with Gasteiger partial charge in [0.25, 0.3) is 0 Å². The molecule has 0 bridgehead atoms. The van der Waals surface area contributed by atoms with Crippen LogP contribution in [0.25, 0.3) is 5.69 Å². The van der Waals surface area contributed by atoms with Crippen molar-refractivity contribution in [3.8, 4) is 5.69 Å². The molecule has 1 aromatic carbocycles. The van der Waals surface area contributed by atoms with Crippen molar-refractivity contribution in [2.24, 2.45) is 0 Å². The van der Waals surface area contributed by atoms with Gasteiger partial charge in [0.05, 0.1) is 11.9 Å². The molecule has 2 N–H and O–H groups in total. The number of rotatable bonds is 3. The van der Waals surface area contributed by atoms with Crippen molar-refractivity contribution in [1.82, 2.24) is 9.78 Å². The van der Waals surface area contributed by atoms with Crippen LogP contribution in [-0.2, 0) is 12.8 Å². The first-order valence-electron chi connectivity index (χ1n) is 5.68. The van der Waals surface area contributed by atoms with Gasteiger partial charge in [0.2, 0.25) is 0 Å². The molecule has 0 saturated carbocycles. The van der Waals surface area contributed by atoms with Crippen molar-refractivity contribution in [2.45, 2.75) is 26.7 Å². The molecule has 0 atom stereocenters. The first kappa shape index (κ1) is 10.7. The molecular formula is C13H17N3. The van der Waals surface area contributed by atoms with Gasteiger partial charge in [-0.1, -0.05) is 26.0 Å². The van der Waals surface area contributed by atoms with Crippen LogP contribution in [0.3, 0.4) is 0 Å². The van der Waals surface area contributed by atoms with E-state index in [9.17, 15) is 0 Å². The summed E-state index contributed by atoms with van der Waals surface area (Å²) in [5, 5.41) is 4.30. The summed E-state index contributed by atoms with van der Waals surface area (Å²) < 4.78 is 1.79. The third-order valence-electron chi connectivity index (χ3n) is 2.86. The van der Waals surface area contributed by atoms with Crippen LogP contribution in [0.1, 0.15) is 25.0 Å². The second-order valence-electron chi connectivity index (χ2n) is 3.84. The fourth-order valence-electron chi connectivity index (χ4n) is 1.74. The highest BCUT2D eigenvalue weighted by atomic mass is 15.3. The number of hydrogen-bond acceptors (Lipinski definition) is 2. The molecule has 0 aliphatic carbocycles. The van der Waals surface area contributed by atoms with E-state index in [1.807, 2.05) is 6.20 Å². The number of nitrogens with zero attached hydrogens (tertiary/aromatic N) is 2. The van der Waals surface area contributed by atoms with Crippen LogP contribution in [0.4, 0.5) is 5.82 Å². The molecule has 3 heteroatoms. The van der Waals surface area contributed by atoms with E-state index >= 15 is 0 Å². The topological polar surface area (TPSA) is 43.8 Å². The molecule has 0 fully saturated rings. The average Bonchev–Trinajstić information content (AvgIpc) is 2.70.